The molecule has 5 heteroatoms. The van der Waals surface area contributed by atoms with Gasteiger partial charge in [-0.1, -0.05) is 12.1 Å². The van der Waals surface area contributed by atoms with Crippen LogP contribution in [-0.2, 0) is 16.0 Å². The molecule has 1 amide bonds. The Labute approximate surface area is 118 Å². The second kappa shape index (κ2) is 6.81. The van der Waals surface area contributed by atoms with Crippen LogP contribution in [0.25, 0.3) is 0 Å². The molecule has 1 aliphatic heterocycles. The Balaban J connectivity index is 1.83. The molecule has 0 spiro atoms. The smallest absolute Gasteiger partial charge is 0.229 e. The van der Waals surface area contributed by atoms with Gasteiger partial charge in [0.05, 0.1) is 12.0 Å². The van der Waals surface area contributed by atoms with Crippen LogP contribution in [-0.4, -0.2) is 39.3 Å². The molecule has 0 saturated carbocycles. The lowest BCUT2D eigenvalue weighted by molar-refractivity contribution is -0.132. The van der Waals surface area contributed by atoms with Crippen LogP contribution in [0.3, 0.4) is 0 Å². The first-order chi connectivity index (χ1) is 9.66. The van der Waals surface area contributed by atoms with Gasteiger partial charge < -0.3 is 15.4 Å². The lowest BCUT2D eigenvalue weighted by Gasteiger charge is -2.25. The van der Waals surface area contributed by atoms with Crippen molar-refractivity contribution >= 4 is 5.91 Å². The number of hydrogen-bond donors (Lipinski definition) is 2. The Morgan fingerprint density at radius 1 is 1.45 bits per heavy atom. The van der Waals surface area contributed by atoms with Crippen LogP contribution in [0.1, 0.15) is 12.0 Å². The predicted molar refractivity (Wildman–Crippen MR) is 74.9 cm³/mol. The molecule has 1 saturated heterocycles. The summed E-state index contributed by atoms with van der Waals surface area (Å²) >= 11 is 0. The van der Waals surface area contributed by atoms with Gasteiger partial charge in [0.1, 0.15) is 5.82 Å². The van der Waals surface area contributed by atoms with Gasteiger partial charge in [0, 0.05) is 20.2 Å². The average molecular weight is 280 g/mol. The molecule has 2 rings (SSSR count). The summed E-state index contributed by atoms with van der Waals surface area (Å²) in [4.78, 5) is 12.3. The van der Waals surface area contributed by atoms with Gasteiger partial charge in [-0.05, 0) is 37.1 Å². The summed E-state index contributed by atoms with van der Waals surface area (Å²) in [6.07, 6.45) is 1.49. The van der Waals surface area contributed by atoms with Crippen molar-refractivity contribution in [2.75, 3.05) is 33.4 Å². The molecular formula is C15H21FN2O2. The number of hydrogen-bond acceptors (Lipinski definition) is 3. The fraction of sp³-hybridized carbons (Fsp3) is 0.533. The van der Waals surface area contributed by atoms with Gasteiger partial charge in [0.2, 0.25) is 5.91 Å². The Kier molecular flexibility index (Phi) is 5.09. The van der Waals surface area contributed by atoms with Crippen LogP contribution in [0.2, 0.25) is 0 Å². The third-order valence-electron chi connectivity index (χ3n) is 3.76. The normalized spacial score (nSPS) is 21.9. The van der Waals surface area contributed by atoms with Crippen molar-refractivity contribution in [1.82, 2.24) is 10.6 Å². The third-order valence-corrected chi connectivity index (χ3v) is 3.76. The van der Waals surface area contributed by atoms with E-state index in [-0.39, 0.29) is 11.7 Å². The molecular weight excluding hydrogens is 259 g/mol. The molecule has 0 aromatic heterocycles. The molecule has 2 N–H and O–H groups in total. The van der Waals surface area contributed by atoms with Crippen molar-refractivity contribution in [3.05, 3.63) is 35.6 Å². The molecule has 110 valence electrons. The zero-order valence-corrected chi connectivity index (χ0v) is 11.7. The van der Waals surface area contributed by atoms with Crippen molar-refractivity contribution in [3.8, 4) is 0 Å². The predicted octanol–water partition coefficient (Wildman–Crippen LogP) is 1.11. The zero-order valence-electron chi connectivity index (χ0n) is 11.7. The Bertz CT molecular complexity index is 442. The molecule has 0 aliphatic carbocycles. The van der Waals surface area contributed by atoms with E-state index in [9.17, 15) is 9.18 Å². The molecule has 0 bridgehead atoms. The van der Waals surface area contributed by atoms with E-state index >= 15 is 0 Å². The fourth-order valence-corrected chi connectivity index (χ4v) is 2.56. The van der Waals surface area contributed by atoms with Crippen molar-refractivity contribution < 1.29 is 13.9 Å². The number of ether oxygens (including phenoxy) is 1. The fourth-order valence-electron chi connectivity index (χ4n) is 2.56. The summed E-state index contributed by atoms with van der Waals surface area (Å²) in [6, 6.07) is 6.35. The maximum atomic E-state index is 12.8. The summed E-state index contributed by atoms with van der Waals surface area (Å²) in [5, 5.41) is 6.17. The molecule has 1 fully saturated rings. The summed E-state index contributed by atoms with van der Waals surface area (Å²) < 4.78 is 18.0. The number of methoxy groups -OCH3 is 1. The van der Waals surface area contributed by atoms with E-state index in [1.807, 2.05) is 0 Å². The van der Waals surface area contributed by atoms with Gasteiger partial charge in [-0.25, -0.2) is 4.39 Å². The molecule has 1 unspecified atom stereocenters. The largest absolute Gasteiger partial charge is 0.384 e. The molecule has 1 aliphatic rings. The van der Waals surface area contributed by atoms with Crippen LogP contribution in [0, 0.1) is 11.2 Å². The average Bonchev–Trinajstić information content (AvgIpc) is 2.91. The van der Waals surface area contributed by atoms with Gasteiger partial charge in [-0.2, -0.15) is 0 Å². The van der Waals surface area contributed by atoms with E-state index in [4.69, 9.17) is 4.74 Å². The summed E-state index contributed by atoms with van der Waals surface area (Å²) in [5.41, 5.74) is 0.564. The highest BCUT2D eigenvalue weighted by atomic mass is 19.1. The number of carbonyl (C=O) groups is 1. The molecule has 1 aromatic carbocycles. The van der Waals surface area contributed by atoms with Crippen molar-refractivity contribution in [2.24, 2.45) is 5.41 Å². The third kappa shape index (κ3) is 3.55. The number of halogens is 1. The lowest BCUT2D eigenvalue weighted by Crippen LogP contribution is -2.46. The highest BCUT2D eigenvalue weighted by Crippen LogP contribution is 2.25. The SMILES string of the molecule is COCC1(C(=O)NCCc2ccc(F)cc2)CCNC1. The molecule has 1 atom stereocenters. The molecule has 4 nitrogen and oxygen atoms in total. The van der Waals surface area contributed by atoms with Crippen LogP contribution in [0.5, 0.6) is 0 Å². The van der Waals surface area contributed by atoms with E-state index in [0.717, 1.165) is 18.5 Å². The monoisotopic (exact) mass is 280 g/mol. The highest BCUT2D eigenvalue weighted by molar-refractivity contribution is 5.83. The summed E-state index contributed by atoms with van der Waals surface area (Å²) in [6.45, 7) is 2.48. The topological polar surface area (TPSA) is 50.4 Å². The van der Waals surface area contributed by atoms with E-state index in [1.54, 1.807) is 19.2 Å². The zero-order chi connectivity index (χ0) is 14.4. The van der Waals surface area contributed by atoms with Crippen LogP contribution in [0.15, 0.2) is 24.3 Å². The van der Waals surface area contributed by atoms with Crippen LogP contribution in [0.4, 0.5) is 4.39 Å². The number of benzene rings is 1. The Hall–Kier alpha value is -1.46. The maximum absolute atomic E-state index is 12.8. The van der Waals surface area contributed by atoms with E-state index in [1.165, 1.54) is 12.1 Å². The van der Waals surface area contributed by atoms with Crippen LogP contribution >= 0.6 is 0 Å². The maximum Gasteiger partial charge on any atom is 0.229 e. The molecule has 1 aromatic rings. The first-order valence-electron chi connectivity index (χ1n) is 6.89. The second-order valence-corrected chi connectivity index (χ2v) is 5.27. The van der Waals surface area contributed by atoms with Gasteiger partial charge in [0.15, 0.2) is 0 Å². The first kappa shape index (κ1) is 14.9. The number of amides is 1. The number of rotatable bonds is 6. The standard InChI is InChI=1S/C15H21FN2O2/c1-20-11-15(7-9-17-10-15)14(19)18-8-6-12-2-4-13(16)5-3-12/h2-5,17H,6-11H2,1H3,(H,18,19). The van der Waals surface area contributed by atoms with Gasteiger partial charge in [-0.3, -0.25) is 4.79 Å². The Morgan fingerprint density at radius 3 is 2.80 bits per heavy atom. The van der Waals surface area contributed by atoms with E-state index in [2.05, 4.69) is 10.6 Å². The van der Waals surface area contributed by atoms with Crippen molar-refractivity contribution in [1.29, 1.82) is 0 Å². The lowest BCUT2D eigenvalue weighted by atomic mass is 9.87. The quantitative estimate of drug-likeness (QED) is 0.821. The molecule has 20 heavy (non-hydrogen) atoms. The minimum absolute atomic E-state index is 0.0338. The van der Waals surface area contributed by atoms with E-state index in [0.29, 0.717) is 26.1 Å². The second-order valence-electron chi connectivity index (χ2n) is 5.27. The van der Waals surface area contributed by atoms with Gasteiger partial charge in [0.25, 0.3) is 0 Å². The summed E-state index contributed by atoms with van der Waals surface area (Å²) in [5.74, 6) is -0.208. The molecule has 1 heterocycles. The summed E-state index contributed by atoms with van der Waals surface area (Å²) in [7, 11) is 1.62. The molecule has 0 radical (unpaired) electrons. The van der Waals surface area contributed by atoms with Crippen LogP contribution < -0.4 is 10.6 Å². The van der Waals surface area contributed by atoms with Gasteiger partial charge >= 0.3 is 0 Å². The van der Waals surface area contributed by atoms with Gasteiger partial charge in [-0.15, -0.1) is 0 Å². The number of nitrogens with one attached hydrogen (secondary N) is 2. The number of carbonyl (C=O) groups excluding carboxylic acids is 1. The van der Waals surface area contributed by atoms with E-state index < -0.39 is 5.41 Å². The van der Waals surface area contributed by atoms with Crippen molar-refractivity contribution in [3.63, 3.8) is 0 Å². The van der Waals surface area contributed by atoms with Crippen molar-refractivity contribution in [2.45, 2.75) is 12.8 Å². The first-order valence-corrected chi connectivity index (χ1v) is 6.89. The highest BCUT2D eigenvalue weighted by Gasteiger charge is 2.41. The minimum Gasteiger partial charge on any atom is -0.384 e. The Morgan fingerprint density at radius 2 is 2.20 bits per heavy atom. The minimum atomic E-state index is -0.447.